The van der Waals surface area contributed by atoms with E-state index in [4.69, 9.17) is 9.47 Å². The molecule has 0 aliphatic carbocycles. The predicted molar refractivity (Wildman–Crippen MR) is 136 cm³/mol. The fraction of sp³-hybridized carbons (Fsp3) is 0.385. The molecule has 0 unspecified atom stereocenters. The van der Waals surface area contributed by atoms with Crippen LogP contribution in [0.25, 0.3) is 10.9 Å². The second-order valence-electron chi connectivity index (χ2n) is 10.2. The van der Waals surface area contributed by atoms with Gasteiger partial charge in [0.2, 0.25) is 6.79 Å². The smallest absolute Gasteiger partial charge is 0.253 e. The summed E-state index contributed by atoms with van der Waals surface area (Å²) in [5.41, 5.74) is 2.00. The molecule has 36 heavy (non-hydrogen) atoms. The fourth-order valence-corrected chi connectivity index (χ4v) is 5.03. The molecule has 1 saturated heterocycles. The van der Waals surface area contributed by atoms with Crippen molar-refractivity contribution in [1.82, 2.24) is 30.1 Å². The summed E-state index contributed by atoms with van der Waals surface area (Å²) in [5.74, 6) is 1.96. The largest absolute Gasteiger partial charge is 0.454 e. The van der Waals surface area contributed by atoms with Gasteiger partial charge in [0.25, 0.3) is 5.56 Å². The normalized spacial score (nSPS) is 17.0. The summed E-state index contributed by atoms with van der Waals surface area (Å²) in [4.78, 5) is 21.2. The highest BCUT2D eigenvalue weighted by molar-refractivity contribution is 5.83. The van der Waals surface area contributed by atoms with Crippen LogP contribution in [0.1, 0.15) is 38.2 Å². The molecule has 0 amide bonds. The van der Waals surface area contributed by atoms with Crippen LogP contribution in [0, 0.1) is 0 Å². The lowest BCUT2D eigenvalue weighted by atomic mass is 10.0. The van der Waals surface area contributed by atoms with E-state index < -0.39 is 6.04 Å². The Labute approximate surface area is 208 Å². The number of anilines is 1. The monoisotopic (exact) mass is 487 g/mol. The number of fused-ring (bicyclic) bond motifs is 2. The zero-order chi connectivity index (χ0) is 24.9. The maximum absolute atomic E-state index is 13.5. The fourth-order valence-electron chi connectivity index (χ4n) is 5.03. The Morgan fingerprint density at radius 2 is 1.69 bits per heavy atom. The molecule has 1 fully saturated rings. The third kappa shape index (κ3) is 3.97. The molecule has 2 aromatic carbocycles. The number of para-hydroxylation sites is 1. The molecule has 0 bridgehead atoms. The van der Waals surface area contributed by atoms with Crippen LogP contribution in [0.2, 0.25) is 0 Å². The van der Waals surface area contributed by atoms with E-state index >= 15 is 0 Å². The van der Waals surface area contributed by atoms with Crippen LogP contribution in [0.15, 0.2) is 53.3 Å². The number of ether oxygens (including phenoxy) is 2. The lowest BCUT2D eigenvalue weighted by Gasteiger charge is -2.40. The van der Waals surface area contributed by atoms with Crippen molar-refractivity contribution < 1.29 is 9.47 Å². The Morgan fingerprint density at radius 3 is 2.42 bits per heavy atom. The minimum Gasteiger partial charge on any atom is -0.454 e. The number of benzene rings is 2. The van der Waals surface area contributed by atoms with E-state index in [1.807, 2.05) is 28.9 Å². The molecule has 0 saturated carbocycles. The maximum Gasteiger partial charge on any atom is 0.253 e. The first kappa shape index (κ1) is 22.5. The standard InChI is InChI=1S/C26H29N7O3/c1-26(2,3)33-24(28-29-30-33)23(32-11-9-31(10-12-32)18-7-5-4-6-8-18)19-13-17-14-21-22(36-16-35-21)15-20(17)27-25(19)34/h4-8,13-15,23H,9-12,16H2,1-3H3,(H,27,34)/t23-/m0/s1. The zero-order valence-electron chi connectivity index (χ0n) is 20.6. The van der Waals surface area contributed by atoms with Crippen molar-refractivity contribution in [3.05, 3.63) is 70.3 Å². The number of H-pyrrole nitrogens is 1. The van der Waals surface area contributed by atoms with Crippen molar-refractivity contribution in [2.24, 2.45) is 0 Å². The number of aromatic amines is 1. The van der Waals surface area contributed by atoms with E-state index in [0.29, 0.717) is 28.4 Å². The van der Waals surface area contributed by atoms with Crippen molar-refractivity contribution in [2.45, 2.75) is 32.4 Å². The van der Waals surface area contributed by atoms with Crippen molar-refractivity contribution in [2.75, 3.05) is 37.9 Å². The molecule has 10 nitrogen and oxygen atoms in total. The summed E-state index contributed by atoms with van der Waals surface area (Å²) in [7, 11) is 0. The molecule has 1 N–H and O–H groups in total. The number of tetrazole rings is 1. The van der Waals surface area contributed by atoms with Crippen LogP contribution in [-0.2, 0) is 5.54 Å². The lowest BCUT2D eigenvalue weighted by molar-refractivity contribution is 0.174. The number of aromatic nitrogens is 5. The van der Waals surface area contributed by atoms with E-state index in [-0.39, 0.29) is 17.9 Å². The molecule has 4 aromatic rings. The van der Waals surface area contributed by atoms with E-state index in [1.54, 1.807) is 0 Å². The van der Waals surface area contributed by atoms with Crippen molar-refractivity contribution in [3.8, 4) is 11.5 Å². The van der Waals surface area contributed by atoms with Crippen molar-refractivity contribution in [1.29, 1.82) is 0 Å². The first-order chi connectivity index (χ1) is 17.4. The summed E-state index contributed by atoms with van der Waals surface area (Å²) < 4.78 is 12.9. The lowest BCUT2D eigenvalue weighted by Crippen LogP contribution is -2.49. The third-order valence-corrected chi connectivity index (χ3v) is 6.84. The van der Waals surface area contributed by atoms with E-state index in [0.717, 1.165) is 31.6 Å². The number of nitrogens with one attached hydrogen (secondary N) is 1. The molecular weight excluding hydrogens is 458 g/mol. The molecule has 2 aromatic heterocycles. The third-order valence-electron chi connectivity index (χ3n) is 6.84. The summed E-state index contributed by atoms with van der Waals surface area (Å²) in [6.07, 6.45) is 0. The van der Waals surface area contributed by atoms with Crippen LogP contribution in [0.4, 0.5) is 5.69 Å². The molecule has 0 radical (unpaired) electrons. The van der Waals surface area contributed by atoms with Gasteiger partial charge >= 0.3 is 0 Å². The number of piperazine rings is 1. The molecule has 1 atom stereocenters. The zero-order valence-corrected chi connectivity index (χ0v) is 20.6. The van der Waals surface area contributed by atoms with Gasteiger partial charge in [0.15, 0.2) is 17.3 Å². The number of hydrogen-bond donors (Lipinski definition) is 1. The maximum atomic E-state index is 13.5. The van der Waals surface area contributed by atoms with Crippen LogP contribution in [0.5, 0.6) is 11.5 Å². The SMILES string of the molecule is CC(C)(C)n1nnnc1[C@H](c1cc2cc3c(cc2[nH]c1=O)OCO3)N1CCN(c2ccccc2)CC1. The average Bonchev–Trinajstić information content (AvgIpc) is 3.54. The number of rotatable bonds is 4. The van der Waals surface area contributed by atoms with Gasteiger partial charge in [0.05, 0.1) is 11.1 Å². The van der Waals surface area contributed by atoms with Crippen LogP contribution >= 0.6 is 0 Å². The molecule has 0 spiro atoms. The van der Waals surface area contributed by atoms with E-state index in [9.17, 15) is 4.79 Å². The minimum absolute atomic E-state index is 0.166. The molecule has 10 heteroatoms. The Kier molecular flexibility index (Phi) is 5.40. The number of pyridine rings is 1. The van der Waals surface area contributed by atoms with Gasteiger partial charge in [-0.2, -0.15) is 0 Å². The summed E-state index contributed by atoms with van der Waals surface area (Å²) in [6, 6.07) is 15.7. The van der Waals surface area contributed by atoms with Gasteiger partial charge in [0, 0.05) is 48.9 Å². The van der Waals surface area contributed by atoms with Gasteiger partial charge in [-0.15, -0.1) is 5.10 Å². The molecule has 186 valence electrons. The van der Waals surface area contributed by atoms with Gasteiger partial charge in [-0.05, 0) is 55.5 Å². The van der Waals surface area contributed by atoms with Gasteiger partial charge < -0.3 is 19.4 Å². The Balaban J connectivity index is 1.42. The molecule has 6 rings (SSSR count). The molecular formula is C26H29N7O3. The van der Waals surface area contributed by atoms with Gasteiger partial charge in [0.1, 0.15) is 6.04 Å². The van der Waals surface area contributed by atoms with Crippen LogP contribution in [0.3, 0.4) is 0 Å². The Morgan fingerprint density at radius 1 is 0.972 bits per heavy atom. The first-order valence-electron chi connectivity index (χ1n) is 12.2. The highest BCUT2D eigenvalue weighted by atomic mass is 16.7. The average molecular weight is 488 g/mol. The second kappa shape index (κ2) is 8.63. The van der Waals surface area contributed by atoms with Gasteiger partial charge in [-0.25, -0.2) is 4.68 Å². The highest BCUT2D eigenvalue weighted by Gasteiger charge is 2.35. The predicted octanol–water partition coefficient (Wildman–Crippen LogP) is 2.91. The topological polar surface area (TPSA) is 101 Å². The highest BCUT2D eigenvalue weighted by Crippen LogP contribution is 2.37. The van der Waals surface area contributed by atoms with Crippen molar-refractivity contribution in [3.63, 3.8) is 0 Å². The van der Waals surface area contributed by atoms with E-state index in [1.165, 1.54) is 5.69 Å². The first-order valence-corrected chi connectivity index (χ1v) is 12.2. The minimum atomic E-state index is -0.407. The summed E-state index contributed by atoms with van der Waals surface area (Å²) >= 11 is 0. The molecule has 4 heterocycles. The molecule has 2 aliphatic rings. The quantitative estimate of drug-likeness (QED) is 0.469. The second-order valence-corrected chi connectivity index (χ2v) is 10.2. The molecule has 2 aliphatic heterocycles. The Bertz CT molecular complexity index is 1450. The van der Waals surface area contributed by atoms with E-state index in [2.05, 4.69) is 75.3 Å². The van der Waals surface area contributed by atoms with Gasteiger partial charge in [-0.3, -0.25) is 9.69 Å². The van der Waals surface area contributed by atoms with Gasteiger partial charge in [-0.1, -0.05) is 18.2 Å². The summed E-state index contributed by atoms with van der Waals surface area (Å²) in [5, 5.41) is 13.6. The van der Waals surface area contributed by atoms with Crippen molar-refractivity contribution >= 4 is 16.6 Å². The summed E-state index contributed by atoms with van der Waals surface area (Å²) in [6.45, 7) is 9.54. The number of hydrogen-bond acceptors (Lipinski definition) is 8. The van der Waals surface area contributed by atoms with Crippen LogP contribution < -0.4 is 19.9 Å². The number of nitrogens with zero attached hydrogens (tertiary/aromatic N) is 6. The Hall–Kier alpha value is -3.92. The van der Waals surface area contributed by atoms with Crippen LogP contribution in [-0.4, -0.2) is 63.1 Å².